The van der Waals surface area contributed by atoms with Gasteiger partial charge in [-0.05, 0) is 28.1 Å². The van der Waals surface area contributed by atoms with E-state index >= 15 is 0 Å². The predicted octanol–water partition coefficient (Wildman–Crippen LogP) is 2.42. The third-order valence-electron chi connectivity index (χ3n) is 0.851. The minimum atomic E-state index is 0.850. The number of halogens is 1. The van der Waals surface area contributed by atoms with Gasteiger partial charge in [-0.25, -0.2) is 4.99 Å². The minimum absolute atomic E-state index is 0.850. The molecule has 0 saturated heterocycles. The fourth-order valence-corrected chi connectivity index (χ4v) is 0.741. The zero-order chi connectivity index (χ0) is 6.53. The highest BCUT2D eigenvalue weighted by Gasteiger charge is 1.80. The monoisotopic (exact) mass is 183 g/mol. The maximum Gasteiger partial charge on any atom is 0.106 e. The van der Waals surface area contributed by atoms with E-state index in [1.807, 2.05) is 30.4 Å². The molecule has 1 aliphatic rings. The topological polar surface area (TPSA) is 12.4 Å². The molecule has 9 heavy (non-hydrogen) atoms. The van der Waals surface area contributed by atoms with Gasteiger partial charge in [0, 0.05) is 6.21 Å². The lowest BCUT2D eigenvalue weighted by atomic mass is 10.4. The Morgan fingerprint density at radius 1 is 1.11 bits per heavy atom. The average molecular weight is 184 g/mol. The second kappa shape index (κ2) is 3.41. The standard InChI is InChI=1S/C7H6BrN/c8-7-5-3-1-2-4-6-9-7/h1-6H/b2-1?,3-1+,4-2-,5-3?,6-4?,7-5-,9-6+,9-7?. The molecule has 1 aliphatic heterocycles. The van der Waals surface area contributed by atoms with Gasteiger partial charge >= 0.3 is 0 Å². The molecule has 0 fully saturated rings. The van der Waals surface area contributed by atoms with Gasteiger partial charge in [-0.1, -0.05) is 18.2 Å². The highest BCUT2D eigenvalue weighted by Crippen LogP contribution is 2.06. The summed E-state index contributed by atoms with van der Waals surface area (Å²) in [7, 11) is 0. The van der Waals surface area contributed by atoms with Crippen LogP contribution in [-0.4, -0.2) is 6.21 Å². The van der Waals surface area contributed by atoms with Gasteiger partial charge in [-0.2, -0.15) is 0 Å². The molecule has 0 spiro atoms. The van der Waals surface area contributed by atoms with Crippen LogP contribution in [0, 0.1) is 0 Å². The van der Waals surface area contributed by atoms with E-state index in [-0.39, 0.29) is 0 Å². The molecule has 0 aliphatic carbocycles. The molecule has 1 rings (SSSR count). The van der Waals surface area contributed by atoms with E-state index in [1.54, 1.807) is 6.21 Å². The van der Waals surface area contributed by atoms with Crippen LogP contribution >= 0.6 is 15.9 Å². The summed E-state index contributed by atoms with van der Waals surface area (Å²) in [6.07, 6.45) is 11.3. The molecule has 0 aromatic heterocycles. The number of nitrogens with zero attached hydrogens (tertiary/aromatic N) is 1. The lowest BCUT2D eigenvalue weighted by molar-refractivity contribution is 1.55. The molecule has 0 bridgehead atoms. The SMILES string of the molecule is BrC1=C/C=C/C=C\C=N\1. The summed E-state index contributed by atoms with van der Waals surface area (Å²) in [6.45, 7) is 0. The minimum Gasteiger partial charge on any atom is -0.249 e. The van der Waals surface area contributed by atoms with E-state index in [1.165, 1.54) is 0 Å². The number of aliphatic imine (C=N–C) groups is 1. The first-order chi connectivity index (χ1) is 4.39. The molecule has 1 heterocycles. The van der Waals surface area contributed by atoms with E-state index in [4.69, 9.17) is 0 Å². The first-order valence-electron chi connectivity index (χ1n) is 2.63. The van der Waals surface area contributed by atoms with Crippen LogP contribution in [0.15, 0.2) is 40.0 Å². The number of rotatable bonds is 0. The zero-order valence-corrected chi connectivity index (χ0v) is 6.38. The van der Waals surface area contributed by atoms with Crippen molar-refractivity contribution in [3.8, 4) is 0 Å². The quantitative estimate of drug-likeness (QED) is 0.512. The number of hydrogen-bond donors (Lipinski definition) is 0. The lowest BCUT2D eigenvalue weighted by Gasteiger charge is -1.85. The highest BCUT2D eigenvalue weighted by molar-refractivity contribution is 9.11. The van der Waals surface area contributed by atoms with Crippen LogP contribution in [0.3, 0.4) is 0 Å². The normalized spacial score (nSPS) is 33.2. The van der Waals surface area contributed by atoms with Gasteiger partial charge in [-0.3, -0.25) is 0 Å². The Morgan fingerprint density at radius 2 is 1.89 bits per heavy atom. The summed E-state index contributed by atoms with van der Waals surface area (Å²) in [4.78, 5) is 4.00. The molecule has 46 valence electrons. The predicted molar refractivity (Wildman–Crippen MR) is 43.8 cm³/mol. The summed E-state index contributed by atoms with van der Waals surface area (Å²) < 4.78 is 0.850. The van der Waals surface area contributed by atoms with Crippen LogP contribution in [0.25, 0.3) is 0 Å². The molecular formula is C7H6BrN. The van der Waals surface area contributed by atoms with Gasteiger partial charge in [0.15, 0.2) is 0 Å². The van der Waals surface area contributed by atoms with Crippen LogP contribution < -0.4 is 0 Å². The smallest absolute Gasteiger partial charge is 0.106 e. The van der Waals surface area contributed by atoms with Crippen molar-refractivity contribution in [2.45, 2.75) is 0 Å². The summed E-state index contributed by atoms with van der Waals surface area (Å²) >= 11 is 3.25. The van der Waals surface area contributed by atoms with Gasteiger partial charge in [0.1, 0.15) is 4.61 Å². The van der Waals surface area contributed by atoms with E-state index < -0.39 is 0 Å². The Hall–Kier alpha value is -0.630. The van der Waals surface area contributed by atoms with Crippen molar-refractivity contribution in [2.75, 3.05) is 0 Å². The average Bonchev–Trinajstić information content (AvgIpc) is 1.79. The summed E-state index contributed by atoms with van der Waals surface area (Å²) in [5, 5.41) is 0. The zero-order valence-electron chi connectivity index (χ0n) is 4.79. The second-order valence-corrected chi connectivity index (χ2v) is 2.35. The molecule has 2 heteroatoms. The van der Waals surface area contributed by atoms with Crippen molar-refractivity contribution < 1.29 is 0 Å². The van der Waals surface area contributed by atoms with Gasteiger partial charge < -0.3 is 0 Å². The summed E-state index contributed by atoms with van der Waals surface area (Å²) in [5.41, 5.74) is 0. The van der Waals surface area contributed by atoms with Crippen LogP contribution in [0.4, 0.5) is 0 Å². The van der Waals surface area contributed by atoms with Gasteiger partial charge in [0.05, 0.1) is 0 Å². The van der Waals surface area contributed by atoms with E-state index in [9.17, 15) is 0 Å². The molecule has 0 saturated carbocycles. The van der Waals surface area contributed by atoms with E-state index in [0.717, 1.165) is 4.61 Å². The first kappa shape index (κ1) is 6.49. The lowest BCUT2D eigenvalue weighted by Crippen LogP contribution is -1.68. The Kier molecular flexibility index (Phi) is 2.46. The molecule has 0 amide bonds. The van der Waals surface area contributed by atoms with Crippen LogP contribution in [0.5, 0.6) is 0 Å². The Bertz CT molecular complexity index is 199. The fraction of sp³-hybridized carbons (Fsp3) is 0. The Morgan fingerprint density at radius 3 is 2.78 bits per heavy atom. The fourth-order valence-electron chi connectivity index (χ4n) is 0.470. The van der Waals surface area contributed by atoms with Crippen molar-refractivity contribution in [3.05, 3.63) is 35.0 Å². The molecule has 1 nitrogen and oxygen atoms in total. The Balaban J connectivity index is 2.77. The number of allylic oxidation sites excluding steroid dienone is 5. The molecule has 0 radical (unpaired) electrons. The molecule has 0 aromatic carbocycles. The summed E-state index contributed by atoms with van der Waals surface area (Å²) in [6, 6.07) is 0. The molecule has 0 N–H and O–H groups in total. The van der Waals surface area contributed by atoms with Gasteiger partial charge in [0.25, 0.3) is 0 Å². The largest absolute Gasteiger partial charge is 0.249 e. The van der Waals surface area contributed by atoms with Crippen molar-refractivity contribution in [1.29, 1.82) is 0 Å². The molecular weight excluding hydrogens is 178 g/mol. The van der Waals surface area contributed by atoms with E-state index in [2.05, 4.69) is 20.9 Å². The van der Waals surface area contributed by atoms with Crippen LogP contribution in [0.2, 0.25) is 0 Å². The highest BCUT2D eigenvalue weighted by atomic mass is 79.9. The Labute approximate surface area is 62.6 Å². The van der Waals surface area contributed by atoms with Crippen molar-refractivity contribution >= 4 is 22.1 Å². The molecule has 0 unspecified atom stereocenters. The maximum atomic E-state index is 4.00. The maximum absolute atomic E-state index is 4.00. The molecule has 0 aromatic rings. The van der Waals surface area contributed by atoms with E-state index in [0.29, 0.717) is 0 Å². The second-order valence-electron chi connectivity index (χ2n) is 1.54. The van der Waals surface area contributed by atoms with Gasteiger partial charge in [0.2, 0.25) is 0 Å². The van der Waals surface area contributed by atoms with Crippen molar-refractivity contribution in [1.82, 2.24) is 0 Å². The van der Waals surface area contributed by atoms with Crippen molar-refractivity contribution in [3.63, 3.8) is 0 Å². The molecule has 0 atom stereocenters. The number of hydrogen-bond acceptors (Lipinski definition) is 1. The third-order valence-corrected chi connectivity index (χ3v) is 1.32. The first-order valence-corrected chi connectivity index (χ1v) is 3.42. The van der Waals surface area contributed by atoms with Crippen LogP contribution in [0.1, 0.15) is 0 Å². The van der Waals surface area contributed by atoms with Crippen LogP contribution in [-0.2, 0) is 0 Å². The summed E-state index contributed by atoms with van der Waals surface area (Å²) in [5.74, 6) is 0. The van der Waals surface area contributed by atoms with Crippen molar-refractivity contribution in [2.24, 2.45) is 4.99 Å². The van der Waals surface area contributed by atoms with Gasteiger partial charge in [-0.15, -0.1) is 0 Å². The third kappa shape index (κ3) is 2.42.